The molecule has 2 rings (SSSR count). The quantitative estimate of drug-likeness (QED) is 0.489. The molecule has 0 aromatic heterocycles. The number of carbonyl (C=O) groups is 1. The third-order valence-corrected chi connectivity index (χ3v) is 2.41. The molecule has 2 unspecified atom stereocenters. The lowest BCUT2D eigenvalue weighted by Gasteiger charge is -2.24. The van der Waals surface area contributed by atoms with Crippen LogP contribution in [0.3, 0.4) is 0 Å². The molecular weight excluding hydrogens is 126 g/mol. The molecule has 0 bridgehead atoms. The maximum absolute atomic E-state index is 10.9. The summed E-state index contributed by atoms with van der Waals surface area (Å²) in [7, 11) is 0. The lowest BCUT2D eigenvalue weighted by atomic mass is 9.89. The number of nitrogens with one attached hydrogen (secondary N) is 1. The van der Waals surface area contributed by atoms with Gasteiger partial charge in [-0.25, -0.2) is 0 Å². The van der Waals surface area contributed by atoms with Gasteiger partial charge in [0.15, 0.2) is 0 Å². The lowest BCUT2D eigenvalue weighted by Crippen LogP contribution is -2.38. The van der Waals surface area contributed by atoms with Crippen LogP contribution in [0.25, 0.3) is 0 Å². The van der Waals surface area contributed by atoms with E-state index in [1.165, 1.54) is 0 Å². The molecule has 1 fully saturated rings. The second-order valence-corrected chi connectivity index (χ2v) is 3.10. The third kappa shape index (κ3) is 0.838. The summed E-state index contributed by atoms with van der Waals surface area (Å²) < 4.78 is 0. The Labute approximate surface area is 60.3 Å². The molecule has 54 valence electrons. The van der Waals surface area contributed by atoms with E-state index < -0.39 is 0 Å². The van der Waals surface area contributed by atoms with Gasteiger partial charge in [0.1, 0.15) is 0 Å². The molecule has 1 aliphatic heterocycles. The normalized spacial score (nSPS) is 37.4. The van der Waals surface area contributed by atoms with E-state index in [0.29, 0.717) is 18.3 Å². The van der Waals surface area contributed by atoms with E-state index in [4.69, 9.17) is 0 Å². The van der Waals surface area contributed by atoms with Crippen LogP contribution in [0.2, 0.25) is 0 Å². The molecule has 0 radical (unpaired) electrons. The average molecular weight is 137 g/mol. The van der Waals surface area contributed by atoms with Crippen molar-refractivity contribution in [1.29, 1.82) is 0 Å². The zero-order valence-electron chi connectivity index (χ0n) is 5.84. The first-order valence-corrected chi connectivity index (χ1v) is 3.79. The van der Waals surface area contributed by atoms with Gasteiger partial charge < -0.3 is 5.32 Å². The summed E-state index contributed by atoms with van der Waals surface area (Å²) in [5.41, 5.74) is 0. The van der Waals surface area contributed by atoms with Crippen LogP contribution >= 0.6 is 0 Å². The number of hydrogen-bond donors (Lipinski definition) is 1. The highest BCUT2D eigenvalue weighted by Crippen LogP contribution is 2.29. The van der Waals surface area contributed by atoms with Gasteiger partial charge in [-0.1, -0.05) is 12.2 Å². The summed E-state index contributed by atoms with van der Waals surface area (Å²) in [6.45, 7) is 0.885. The minimum atomic E-state index is 0.216. The van der Waals surface area contributed by atoms with Crippen LogP contribution < -0.4 is 5.32 Å². The maximum Gasteiger partial charge on any atom is 0.220 e. The van der Waals surface area contributed by atoms with Gasteiger partial charge in [0, 0.05) is 13.0 Å². The number of piperidine rings is 1. The Hall–Kier alpha value is -0.790. The van der Waals surface area contributed by atoms with Gasteiger partial charge in [0.05, 0.1) is 0 Å². The summed E-state index contributed by atoms with van der Waals surface area (Å²) in [6, 6.07) is 0. The summed E-state index contributed by atoms with van der Waals surface area (Å²) in [4.78, 5) is 10.9. The smallest absolute Gasteiger partial charge is 0.220 e. The second-order valence-electron chi connectivity index (χ2n) is 3.10. The molecule has 10 heavy (non-hydrogen) atoms. The molecule has 2 aliphatic rings. The number of amides is 1. The standard InChI is InChI=1S/C8H11NO/c10-8-4-6-2-1-3-7(6)5-9-8/h1-2,6-7H,3-5H2,(H,9,10). The SMILES string of the molecule is O=C1CC2C=CCC2CN1. The van der Waals surface area contributed by atoms with E-state index in [0.717, 1.165) is 13.0 Å². The molecule has 1 aliphatic carbocycles. The average Bonchev–Trinajstić information content (AvgIpc) is 2.33. The van der Waals surface area contributed by atoms with Gasteiger partial charge in [-0.3, -0.25) is 4.79 Å². The second kappa shape index (κ2) is 2.11. The third-order valence-electron chi connectivity index (χ3n) is 2.41. The van der Waals surface area contributed by atoms with E-state index >= 15 is 0 Å². The molecule has 0 spiro atoms. The first kappa shape index (κ1) is 5.96. The molecule has 2 atom stereocenters. The predicted molar refractivity (Wildman–Crippen MR) is 38.4 cm³/mol. The van der Waals surface area contributed by atoms with Gasteiger partial charge in [0.25, 0.3) is 0 Å². The highest BCUT2D eigenvalue weighted by atomic mass is 16.1. The molecule has 1 amide bonds. The van der Waals surface area contributed by atoms with Crippen LogP contribution in [0.4, 0.5) is 0 Å². The molecule has 0 saturated carbocycles. The molecule has 2 heteroatoms. The van der Waals surface area contributed by atoms with Crippen molar-refractivity contribution in [3.8, 4) is 0 Å². The summed E-state index contributed by atoms with van der Waals surface area (Å²) in [6.07, 6.45) is 6.24. The zero-order chi connectivity index (χ0) is 6.97. The summed E-state index contributed by atoms with van der Waals surface area (Å²) in [5.74, 6) is 1.47. The number of carbonyl (C=O) groups excluding carboxylic acids is 1. The first-order valence-electron chi connectivity index (χ1n) is 3.79. The van der Waals surface area contributed by atoms with Crippen molar-refractivity contribution >= 4 is 5.91 Å². The highest BCUT2D eigenvalue weighted by molar-refractivity contribution is 5.77. The molecule has 1 heterocycles. The van der Waals surface area contributed by atoms with Crippen molar-refractivity contribution in [1.82, 2.24) is 5.32 Å². The number of fused-ring (bicyclic) bond motifs is 1. The fourth-order valence-corrected chi connectivity index (χ4v) is 1.76. The first-order chi connectivity index (χ1) is 4.86. The Morgan fingerprint density at radius 2 is 2.50 bits per heavy atom. The van der Waals surface area contributed by atoms with E-state index in [1.807, 2.05) is 0 Å². The fraction of sp³-hybridized carbons (Fsp3) is 0.625. The number of allylic oxidation sites excluding steroid dienone is 2. The molecule has 0 aromatic carbocycles. The van der Waals surface area contributed by atoms with Crippen LogP contribution in [0.1, 0.15) is 12.8 Å². The summed E-state index contributed by atoms with van der Waals surface area (Å²) >= 11 is 0. The number of rotatable bonds is 0. The van der Waals surface area contributed by atoms with Crippen LogP contribution in [0, 0.1) is 11.8 Å². The Kier molecular flexibility index (Phi) is 1.26. The Balaban J connectivity index is 2.08. The predicted octanol–water partition coefficient (Wildman–Crippen LogP) is 0.699. The van der Waals surface area contributed by atoms with Crippen molar-refractivity contribution < 1.29 is 4.79 Å². The van der Waals surface area contributed by atoms with Crippen LogP contribution in [-0.4, -0.2) is 12.5 Å². The van der Waals surface area contributed by atoms with Gasteiger partial charge in [-0.05, 0) is 18.3 Å². The van der Waals surface area contributed by atoms with E-state index in [2.05, 4.69) is 17.5 Å². The van der Waals surface area contributed by atoms with Gasteiger partial charge in [-0.2, -0.15) is 0 Å². The van der Waals surface area contributed by atoms with Crippen molar-refractivity contribution in [3.05, 3.63) is 12.2 Å². The maximum atomic E-state index is 10.9. The molecule has 2 nitrogen and oxygen atoms in total. The van der Waals surface area contributed by atoms with Crippen molar-refractivity contribution in [3.63, 3.8) is 0 Å². The highest BCUT2D eigenvalue weighted by Gasteiger charge is 2.28. The van der Waals surface area contributed by atoms with Crippen molar-refractivity contribution in [2.75, 3.05) is 6.54 Å². The minimum Gasteiger partial charge on any atom is -0.356 e. The Bertz CT molecular complexity index is 186. The van der Waals surface area contributed by atoms with Crippen molar-refractivity contribution in [2.45, 2.75) is 12.8 Å². The van der Waals surface area contributed by atoms with E-state index in [9.17, 15) is 4.79 Å². The minimum absolute atomic E-state index is 0.216. The van der Waals surface area contributed by atoms with Gasteiger partial charge >= 0.3 is 0 Å². The molecule has 1 N–H and O–H groups in total. The van der Waals surface area contributed by atoms with Crippen LogP contribution in [-0.2, 0) is 4.79 Å². The fourth-order valence-electron chi connectivity index (χ4n) is 1.76. The van der Waals surface area contributed by atoms with Gasteiger partial charge in [0.2, 0.25) is 5.91 Å². The Morgan fingerprint density at radius 1 is 1.60 bits per heavy atom. The molecular formula is C8H11NO. The van der Waals surface area contributed by atoms with E-state index in [-0.39, 0.29) is 5.91 Å². The van der Waals surface area contributed by atoms with Crippen LogP contribution in [0.15, 0.2) is 12.2 Å². The zero-order valence-corrected chi connectivity index (χ0v) is 5.84. The largest absolute Gasteiger partial charge is 0.356 e. The monoisotopic (exact) mass is 137 g/mol. The summed E-state index contributed by atoms with van der Waals surface area (Å²) in [5, 5.41) is 2.87. The van der Waals surface area contributed by atoms with E-state index in [1.54, 1.807) is 0 Å². The lowest BCUT2D eigenvalue weighted by molar-refractivity contribution is -0.123. The van der Waals surface area contributed by atoms with Crippen molar-refractivity contribution in [2.24, 2.45) is 11.8 Å². The Morgan fingerprint density at radius 3 is 3.40 bits per heavy atom. The number of hydrogen-bond acceptors (Lipinski definition) is 1. The molecule has 0 aromatic rings. The van der Waals surface area contributed by atoms with Crippen LogP contribution in [0.5, 0.6) is 0 Å². The topological polar surface area (TPSA) is 29.1 Å². The molecule has 1 saturated heterocycles. The van der Waals surface area contributed by atoms with Gasteiger partial charge in [-0.15, -0.1) is 0 Å².